The molecule has 0 saturated heterocycles. The summed E-state index contributed by atoms with van der Waals surface area (Å²) in [5.74, 6) is -0.330. The van der Waals surface area contributed by atoms with Gasteiger partial charge in [0.15, 0.2) is 0 Å². The monoisotopic (exact) mass is 445 g/mol. The Labute approximate surface area is 175 Å². The number of ether oxygens (including phenoxy) is 1. The van der Waals surface area contributed by atoms with E-state index in [1.165, 1.54) is 36.4 Å². The Kier molecular flexibility index (Phi) is 5.11. The molecule has 6 nitrogen and oxygen atoms in total. The number of alkyl halides is 3. The van der Waals surface area contributed by atoms with Gasteiger partial charge in [0.1, 0.15) is 5.75 Å². The van der Waals surface area contributed by atoms with Gasteiger partial charge in [-0.2, -0.15) is 0 Å². The molecule has 0 aliphatic rings. The second kappa shape index (κ2) is 7.64. The van der Waals surface area contributed by atoms with Gasteiger partial charge in [-0.3, -0.25) is 4.98 Å². The number of benzene rings is 2. The van der Waals surface area contributed by atoms with E-state index in [9.17, 15) is 21.6 Å². The summed E-state index contributed by atoms with van der Waals surface area (Å²) in [6, 6.07) is 16.6. The lowest BCUT2D eigenvalue weighted by atomic mass is 10.0. The van der Waals surface area contributed by atoms with Crippen LogP contribution in [0.5, 0.6) is 5.75 Å². The fourth-order valence-electron chi connectivity index (χ4n) is 3.09. The van der Waals surface area contributed by atoms with E-state index in [2.05, 4.69) is 14.7 Å². The van der Waals surface area contributed by atoms with Crippen LogP contribution in [-0.2, 0) is 10.0 Å². The van der Waals surface area contributed by atoms with E-state index < -0.39 is 16.4 Å². The number of rotatable bonds is 4. The van der Waals surface area contributed by atoms with Crippen molar-refractivity contribution in [1.29, 1.82) is 0 Å². The van der Waals surface area contributed by atoms with Gasteiger partial charge in [-0.05, 0) is 48.0 Å². The molecule has 0 fully saturated rings. The third-order valence-electron chi connectivity index (χ3n) is 4.44. The van der Waals surface area contributed by atoms with Crippen LogP contribution in [-0.4, -0.2) is 24.7 Å². The Morgan fingerprint density at radius 2 is 1.65 bits per heavy atom. The second-order valence-corrected chi connectivity index (χ2v) is 8.13. The number of sulfonamides is 1. The molecule has 0 spiro atoms. The predicted molar refractivity (Wildman–Crippen MR) is 108 cm³/mol. The quantitative estimate of drug-likeness (QED) is 0.499. The molecule has 0 atom stereocenters. The van der Waals surface area contributed by atoms with Crippen LogP contribution >= 0.6 is 0 Å². The highest BCUT2D eigenvalue weighted by Gasteiger charge is 2.31. The average Bonchev–Trinajstić information content (AvgIpc) is 2.72. The number of nitrogens with two attached hydrogens (primary N) is 1. The third-order valence-corrected chi connectivity index (χ3v) is 5.35. The molecule has 0 bridgehead atoms. The van der Waals surface area contributed by atoms with Crippen molar-refractivity contribution in [3.8, 4) is 28.1 Å². The molecule has 0 aliphatic heterocycles. The standard InChI is InChI=1S/C21H14F3N3O3S/c22-21(23,24)30-15-6-4-13(5-7-15)17-10-11-26-19-9-8-18(27-20(17)19)14-2-1-3-16(12-14)31(25,28)29/h1-12H,(H2,25,28,29). The molecular weight excluding hydrogens is 431 g/mol. The van der Waals surface area contributed by atoms with Gasteiger partial charge in [-0.25, -0.2) is 18.5 Å². The van der Waals surface area contributed by atoms with Crippen LogP contribution in [0.1, 0.15) is 0 Å². The average molecular weight is 445 g/mol. The summed E-state index contributed by atoms with van der Waals surface area (Å²) in [7, 11) is -3.88. The Morgan fingerprint density at radius 3 is 2.32 bits per heavy atom. The van der Waals surface area contributed by atoms with Gasteiger partial charge in [0.05, 0.1) is 21.6 Å². The lowest BCUT2D eigenvalue weighted by molar-refractivity contribution is -0.274. The van der Waals surface area contributed by atoms with E-state index in [4.69, 9.17) is 5.14 Å². The van der Waals surface area contributed by atoms with Gasteiger partial charge in [-0.1, -0.05) is 24.3 Å². The summed E-state index contributed by atoms with van der Waals surface area (Å²) in [4.78, 5) is 8.85. The summed E-state index contributed by atoms with van der Waals surface area (Å²) >= 11 is 0. The van der Waals surface area contributed by atoms with E-state index in [-0.39, 0.29) is 10.6 Å². The van der Waals surface area contributed by atoms with Crippen molar-refractivity contribution in [2.45, 2.75) is 11.3 Å². The van der Waals surface area contributed by atoms with Crippen LogP contribution in [0, 0.1) is 0 Å². The summed E-state index contributed by atoms with van der Waals surface area (Å²) < 4.78 is 64.4. The maximum absolute atomic E-state index is 12.4. The molecule has 0 aliphatic carbocycles. The Hall–Kier alpha value is -3.50. The van der Waals surface area contributed by atoms with Crippen molar-refractivity contribution in [2.24, 2.45) is 5.14 Å². The first kappa shape index (κ1) is 20.8. The van der Waals surface area contributed by atoms with Gasteiger partial charge >= 0.3 is 6.36 Å². The molecule has 0 amide bonds. The molecule has 0 unspecified atom stereocenters. The fraction of sp³-hybridized carbons (Fsp3) is 0.0476. The molecule has 31 heavy (non-hydrogen) atoms. The minimum Gasteiger partial charge on any atom is -0.406 e. The molecule has 158 valence electrons. The largest absolute Gasteiger partial charge is 0.573 e. The SMILES string of the molecule is NS(=O)(=O)c1cccc(-c2ccc3nccc(-c4ccc(OC(F)(F)F)cc4)c3n2)c1. The smallest absolute Gasteiger partial charge is 0.406 e. The van der Waals surface area contributed by atoms with Crippen molar-refractivity contribution >= 4 is 21.1 Å². The molecule has 4 rings (SSSR count). The van der Waals surface area contributed by atoms with E-state index in [0.717, 1.165) is 0 Å². The third kappa shape index (κ3) is 4.65. The van der Waals surface area contributed by atoms with Crippen LogP contribution < -0.4 is 9.88 Å². The van der Waals surface area contributed by atoms with Crippen LogP contribution in [0.3, 0.4) is 0 Å². The van der Waals surface area contributed by atoms with Crippen LogP contribution in [0.4, 0.5) is 13.2 Å². The Morgan fingerprint density at radius 1 is 0.903 bits per heavy atom. The topological polar surface area (TPSA) is 95.2 Å². The first-order valence-electron chi connectivity index (χ1n) is 8.85. The number of fused-ring (bicyclic) bond motifs is 1. The number of pyridine rings is 2. The van der Waals surface area contributed by atoms with Crippen LogP contribution in [0.2, 0.25) is 0 Å². The minimum atomic E-state index is -4.77. The van der Waals surface area contributed by atoms with E-state index in [1.54, 1.807) is 36.5 Å². The van der Waals surface area contributed by atoms with Crippen molar-refractivity contribution < 1.29 is 26.3 Å². The Bertz CT molecular complexity index is 1370. The van der Waals surface area contributed by atoms with Gasteiger partial charge in [-0.15, -0.1) is 13.2 Å². The number of aromatic nitrogens is 2. The summed E-state index contributed by atoms with van der Waals surface area (Å²) in [6.45, 7) is 0. The lowest BCUT2D eigenvalue weighted by Crippen LogP contribution is -2.16. The first-order chi connectivity index (χ1) is 14.6. The molecule has 0 saturated carbocycles. The zero-order valence-electron chi connectivity index (χ0n) is 15.7. The molecular formula is C21H14F3N3O3S. The number of hydrogen-bond acceptors (Lipinski definition) is 5. The van der Waals surface area contributed by atoms with Crippen molar-refractivity contribution in [2.75, 3.05) is 0 Å². The highest BCUT2D eigenvalue weighted by atomic mass is 32.2. The molecule has 4 aromatic rings. The highest BCUT2D eigenvalue weighted by molar-refractivity contribution is 7.89. The number of primary sulfonamides is 1. The summed E-state index contributed by atoms with van der Waals surface area (Å²) in [6.07, 6.45) is -3.20. The molecule has 2 heterocycles. The second-order valence-electron chi connectivity index (χ2n) is 6.57. The highest BCUT2D eigenvalue weighted by Crippen LogP contribution is 2.31. The zero-order chi connectivity index (χ0) is 22.2. The van der Waals surface area contributed by atoms with Crippen molar-refractivity contribution in [1.82, 2.24) is 9.97 Å². The molecule has 2 aromatic heterocycles. The van der Waals surface area contributed by atoms with E-state index in [0.29, 0.717) is 33.4 Å². The van der Waals surface area contributed by atoms with Gasteiger partial charge < -0.3 is 4.74 Å². The predicted octanol–water partition coefficient (Wildman–Crippen LogP) is 4.51. The summed E-state index contributed by atoms with van der Waals surface area (Å²) in [5, 5.41) is 5.21. The molecule has 10 heteroatoms. The Balaban J connectivity index is 1.78. The van der Waals surface area contributed by atoms with Gasteiger partial charge in [0, 0.05) is 17.3 Å². The zero-order valence-corrected chi connectivity index (χ0v) is 16.5. The molecule has 2 aromatic carbocycles. The molecule has 0 radical (unpaired) electrons. The number of halogens is 3. The van der Waals surface area contributed by atoms with Crippen LogP contribution in [0.15, 0.2) is 77.8 Å². The lowest BCUT2D eigenvalue weighted by Gasteiger charge is -2.11. The van der Waals surface area contributed by atoms with Crippen molar-refractivity contribution in [3.63, 3.8) is 0 Å². The van der Waals surface area contributed by atoms with Gasteiger partial charge in [0.25, 0.3) is 0 Å². The van der Waals surface area contributed by atoms with E-state index >= 15 is 0 Å². The maximum atomic E-state index is 12.4. The molecule has 2 N–H and O–H groups in total. The van der Waals surface area contributed by atoms with Gasteiger partial charge in [0.2, 0.25) is 10.0 Å². The van der Waals surface area contributed by atoms with Crippen LogP contribution in [0.25, 0.3) is 33.4 Å². The number of hydrogen-bond donors (Lipinski definition) is 1. The maximum Gasteiger partial charge on any atom is 0.573 e. The number of nitrogens with zero attached hydrogens (tertiary/aromatic N) is 2. The summed E-state index contributed by atoms with van der Waals surface area (Å²) in [5.41, 5.74) is 3.37. The van der Waals surface area contributed by atoms with Crippen molar-refractivity contribution in [3.05, 3.63) is 72.9 Å². The normalized spacial score (nSPS) is 12.1. The fourth-order valence-corrected chi connectivity index (χ4v) is 3.65. The minimum absolute atomic E-state index is 0.0430. The van der Waals surface area contributed by atoms with E-state index in [1.807, 2.05) is 0 Å². The first-order valence-corrected chi connectivity index (χ1v) is 10.4.